The molecule has 1 aromatic heterocycles. The van der Waals surface area contributed by atoms with E-state index in [1.165, 1.54) is 16.2 Å². The van der Waals surface area contributed by atoms with Crippen molar-refractivity contribution in [2.75, 3.05) is 26.2 Å². The fraction of sp³-hybridized carbons (Fsp3) is 0.500. The lowest BCUT2D eigenvalue weighted by atomic mass is 10.3. The van der Waals surface area contributed by atoms with Gasteiger partial charge in [0.2, 0.25) is 0 Å². The zero-order valence-electron chi connectivity index (χ0n) is 9.03. The van der Waals surface area contributed by atoms with Gasteiger partial charge >= 0.3 is 0 Å². The van der Waals surface area contributed by atoms with Crippen LogP contribution in [0.1, 0.15) is 14.5 Å². The van der Waals surface area contributed by atoms with Crippen molar-refractivity contribution < 1.29 is 4.79 Å². The summed E-state index contributed by atoms with van der Waals surface area (Å²) >= 11 is 1.51. The number of amides is 1. The van der Waals surface area contributed by atoms with Crippen LogP contribution in [0.4, 0.5) is 0 Å². The van der Waals surface area contributed by atoms with Crippen LogP contribution in [0.3, 0.4) is 0 Å². The monoisotopic (exact) mass is 240 g/mol. The molecular weight excluding hydrogens is 224 g/mol. The Morgan fingerprint density at radius 3 is 2.94 bits per heavy atom. The van der Waals surface area contributed by atoms with Gasteiger partial charge in [-0.25, -0.2) is 5.84 Å². The number of carbonyl (C=O) groups is 1. The Bertz CT molecular complexity index is 359. The molecule has 1 aliphatic rings. The lowest BCUT2D eigenvalue weighted by Crippen LogP contribution is -2.42. The van der Waals surface area contributed by atoms with Gasteiger partial charge in [0.05, 0.1) is 4.88 Å². The molecule has 0 aromatic carbocycles. The fourth-order valence-electron chi connectivity index (χ4n) is 1.75. The number of hydrogen-bond donors (Lipinski definition) is 3. The molecule has 16 heavy (non-hydrogen) atoms. The highest BCUT2D eigenvalue weighted by atomic mass is 32.1. The van der Waals surface area contributed by atoms with Crippen molar-refractivity contribution in [3.8, 4) is 0 Å². The summed E-state index contributed by atoms with van der Waals surface area (Å²) < 4.78 is 0. The molecular formula is C10H16N4OS. The summed E-state index contributed by atoms with van der Waals surface area (Å²) in [5.41, 5.74) is 2.15. The highest BCUT2D eigenvalue weighted by molar-refractivity contribution is 7.14. The van der Waals surface area contributed by atoms with Crippen molar-refractivity contribution in [3.05, 3.63) is 21.9 Å². The Hall–Kier alpha value is -0.950. The lowest BCUT2D eigenvalue weighted by Gasteiger charge is -2.26. The summed E-state index contributed by atoms with van der Waals surface area (Å²) in [5.74, 6) is 4.87. The summed E-state index contributed by atoms with van der Waals surface area (Å²) in [6.07, 6.45) is 0. The molecule has 5 nitrogen and oxygen atoms in total. The molecule has 1 fully saturated rings. The Labute approximate surface area is 98.6 Å². The van der Waals surface area contributed by atoms with Gasteiger partial charge in [0.15, 0.2) is 0 Å². The average molecular weight is 240 g/mol. The standard InChI is InChI=1S/C10H16N4OS/c11-13-10(15)9-2-1-8(16-9)7-14-5-3-12-4-6-14/h1-2,12H,3-7,11H2,(H,13,15). The number of hydrazine groups is 1. The Balaban J connectivity index is 1.94. The van der Waals surface area contributed by atoms with Gasteiger partial charge in [-0.3, -0.25) is 15.1 Å². The number of carbonyl (C=O) groups excluding carboxylic acids is 1. The second-order valence-corrected chi connectivity index (χ2v) is 4.93. The first-order chi connectivity index (χ1) is 7.79. The van der Waals surface area contributed by atoms with Crippen molar-refractivity contribution in [1.29, 1.82) is 0 Å². The van der Waals surface area contributed by atoms with Gasteiger partial charge in [-0.2, -0.15) is 0 Å². The molecule has 88 valence electrons. The molecule has 0 radical (unpaired) electrons. The van der Waals surface area contributed by atoms with Crippen LogP contribution in [0, 0.1) is 0 Å². The van der Waals surface area contributed by atoms with E-state index in [4.69, 9.17) is 5.84 Å². The van der Waals surface area contributed by atoms with Crippen molar-refractivity contribution in [2.45, 2.75) is 6.54 Å². The fourth-order valence-corrected chi connectivity index (χ4v) is 2.70. The minimum absolute atomic E-state index is 0.212. The summed E-state index contributed by atoms with van der Waals surface area (Å²) in [6, 6.07) is 3.82. The van der Waals surface area contributed by atoms with Gasteiger partial charge in [-0.05, 0) is 12.1 Å². The smallest absolute Gasteiger partial charge is 0.275 e. The first-order valence-corrected chi connectivity index (χ1v) is 6.14. The number of hydrogen-bond acceptors (Lipinski definition) is 5. The van der Waals surface area contributed by atoms with E-state index >= 15 is 0 Å². The molecule has 1 aliphatic heterocycles. The van der Waals surface area contributed by atoms with Crippen molar-refractivity contribution in [1.82, 2.24) is 15.6 Å². The van der Waals surface area contributed by atoms with Crippen molar-refractivity contribution in [2.24, 2.45) is 5.84 Å². The Morgan fingerprint density at radius 2 is 2.25 bits per heavy atom. The van der Waals surface area contributed by atoms with E-state index in [1.54, 1.807) is 0 Å². The average Bonchev–Trinajstić information content (AvgIpc) is 2.78. The van der Waals surface area contributed by atoms with Gasteiger partial charge in [-0.15, -0.1) is 11.3 Å². The number of nitrogens with zero attached hydrogens (tertiary/aromatic N) is 1. The van der Waals surface area contributed by atoms with Gasteiger partial charge in [0, 0.05) is 37.6 Å². The minimum atomic E-state index is -0.212. The molecule has 2 rings (SSSR count). The highest BCUT2D eigenvalue weighted by Gasteiger charge is 2.12. The lowest BCUT2D eigenvalue weighted by molar-refractivity contribution is 0.0957. The molecule has 1 amide bonds. The predicted octanol–water partition coefficient (Wildman–Crippen LogP) is -0.243. The Morgan fingerprint density at radius 1 is 1.50 bits per heavy atom. The van der Waals surface area contributed by atoms with Crippen LogP contribution in [0.5, 0.6) is 0 Å². The van der Waals surface area contributed by atoms with Crippen LogP contribution in [0.15, 0.2) is 12.1 Å². The number of piperazine rings is 1. The van der Waals surface area contributed by atoms with E-state index in [0.717, 1.165) is 32.7 Å². The topological polar surface area (TPSA) is 70.4 Å². The van der Waals surface area contributed by atoms with E-state index in [9.17, 15) is 4.79 Å². The van der Waals surface area contributed by atoms with Crippen molar-refractivity contribution >= 4 is 17.2 Å². The first-order valence-electron chi connectivity index (χ1n) is 5.32. The summed E-state index contributed by atoms with van der Waals surface area (Å²) in [5, 5.41) is 3.31. The molecule has 0 atom stereocenters. The van der Waals surface area contributed by atoms with Crippen LogP contribution < -0.4 is 16.6 Å². The first kappa shape index (κ1) is 11.5. The normalized spacial score (nSPS) is 17.3. The van der Waals surface area contributed by atoms with Crippen LogP contribution in [0.25, 0.3) is 0 Å². The molecule has 0 unspecified atom stereocenters. The SMILES string of the molecule is NNC(=O)c1ccc(CN2CCNCC2)s1. The zero-order chi connectivity index (χ0) is 11.4. The van der Waals surface area contributed by atoms with Crippen LogP contribution in [0.2, 0.25) is 0 Å². The van der Waals surface area contributed by atoms with Crippen molar-refractivity contribution in [3.63, 3.8) is 0 Å². The van der Waals surface area contributed by atoms with Gasteiger partial charge in [0.1, 0.15) is 0 Å². The molecule has 4 N–H and O–H groups in total. The van der Waals surface area contributed by atoms with E-state index in [-0.39, 0.29) is 5.91 Å². The highest BCUT2D eigenvalue weighted by Crippen LogP contribution is 2.18. The predicted molar refractivity (Wildman–Crippen MR) is 64.1 cm³/mol. The summed E-state index contributed by atoms with van der Waals surface area (Å²) in [4.78, 5) is 15.5. The zero-order valence-corrected chi connectivity index (χ0v) is 9.85. The molecule has 1 saturated heterocycles. The van der Waals surface area contributed by atoms with E-state index in [0.29, 0.717) is 4.88 Å². The van der Waals surface area contributed by atoms with Crippen LogP contribution >= 0.6 is 11.3 Å². The van der Waals surface area contributed by atoms with E-state index in [1.807, 2.05) is 12.1 Å². The third-order valence-corrected chi connectivity index (χ3v) is 3.67. The molecule has 0 bridgehead atoms. The number of thiophene rings is 1. The van der Waals surface area contributed by atoms with Crippen LogP contribution in [-0.4, -0.2) is 37.0 Å². The molecule has 2 heterocycles. The second-order valence-electron chi connectivity index (χ2n) is 3.77. The Kier molecular flexibility index (Phi) is 3.89. The third-order valence-electron chi connectivity index (χ3n) is 2.61. The van der Waals surface area contributed by atoms with Gasteiger partial charge in [0.25, 0.3) is 5.91 Å². The maximum Gasteiger partial charge on any atom is 0.275 e. The van der Waals surface area contributed by atoms with Gasteiger partial charge in [-0.1, -0.05) is 0 Å². The molecule has 6 heteroatoms. The number of rotatable bonds is 3. The number of nitrogen functional groups attached to an aromatic ring is 1. The second kappa shape index (κ2) is 5.40. The molecule has 0 aliphatic carbocycles. The maximum absolute atomic E-state index is 11.3. The third kappa shape index (κ3) is 2.79. The maximum atomic E-state index is 11.3. The quantitative estimate of drug-likeness (QED) is 0.387. The van der Waals surface area contributed by atoms with Gasteiger partial charge < -0.3 is 5.32 Å². The number of nitrogens with two attached hydrogens (primary N) is 1. The van der Waals surface area contributed by atoms with Crippen LogP contribution in [-0.2, 0) is 6.54 Å². The summed E-state index contributed by atoms with van der Waals surface area (Å²) in [7, 11) is 0. The molecule has 1 aromatic rings. The molecule has 0 spiro atoms. The van der Waals surface area contributed by atoms with E-state index in [2.05, 4.69) is 15.6 Å². The number of nitrogens with one attached hydrogen (secondary N) is 2. The molecule has 0 saturated carbocycles. The largest absolute Gasteiger partial charge is 0.314 e. The summed E-state index contributed by atoms with van der Waals surface area (Å²) in [6.45, 7) is 5.14. The minimum Gasteiger partial charge on any atom is -0.314 e. The van der Waals surface area contributed by atoms with E-state index < -0.39 is 0 Å².